The van der Waals surface area contributed by atoms with Crippen LogP contribution in [0.5, 0.6) is 5.75 Å². The topological polar surface area (TPSA) is 146 Å². The number of carbonyl (C=O) groups excluding carboxylic acids is 2. The van der Waals surface area contributed by atoms with Crippen LogP contribution in [0, 0.1) is 5.92 Å². The van der Waals surface area contributed by atoms with Crippen LogP contribution in [0.25, 0.3) is 0 Å². The molecule has 0 radical (unpaired) electrons. The summed E-state index contributed by atoms with van der Waals surface area (Å²) in [6.45, 7) is 3.74. The predicted molar refractivity (Wildman–Crippen MR) is 150 cm³/mol. The van der Waals surface area contributed by atoms with Crippen LogP contribution in [0.4, 0.5) is 16.2 Å². The third kappa shape index (κ3) is 6.37. The number of sulfonamides is 1. The molecule has 214 valence electrons. The maximum absolute atomic E-state index is 13.6. The normalized spacial score (nSPS) is 18.1. The Morgan fingerprint density at radius 3 is 2.60 bits per heavy atom. The average molecular weight is 571 g/mol. The Bertz CT molecular complexity index is 1460. The number of fused-ring (bicyclic) bond motifs is 1. The van der Waals surface area contributed by atoms with E-state index in [1.165, 1.54) is 28.1 Å². The number of anilines is 2. The molecule has 3 amide bonds. The molecule has 13 heteroatoms. The summed E-state index contributed by atoms with van der Waals surface area (Å²) in [5.41, 5.74) is 0.828. The number of benzene rings is 2. The van der Waals surface area contributed by atoms with E-state index in [0.29, 0.717) is 5.69 Å². The zero-order valence-electron chi connectivity index (χ0n) is 22.8. The van der Waals surface area contributed by atoms with Crippen molar-refractivity contribution in [1.29, 1.82) is 0 Å². The first-order valence-electron chi connectivity index (χ1n) is 12.8. The van der Waals surface area contributed by atoms with Gasteiger partial charge >= 0.3 is 6.03 Å². The van der Waals surface area contributed by atoms with Crippen molar-refractivity contribution in [3.63, 3.8) is 0 Å². The van der Waals surface area contributed by atoms with E-state index < -0.39 is 28.1 Å². The lowest BCUT2D eigenvalue weighted by Gasteiger charge is -2.38. The van der Waals surface area contributed by atoms with E-state index in [1.54, 1.807) is 50.2 Å². The van der Waals surface area contributed by atoms with Crippen molar-refractivity contribution in [1.82, 2.24) is 19.4 Å². The number of rotatable bonds is 8. The van der Waals surface area contributed by atoms with E-state index >= 15 is 0 Å². The van der Waals surface area contributed by atoms with E-state index in [2.05, 4.69) is 15.0 Å². The number of aliphatic hydroxyl groups excluding tert-OH is 1. The van der Waals surface area contributed by atoms with Gasteiger partial charge in [-0.05, 0) is 31.2 Å². The van der Waals surface area contributed by atoms with Crippen molar-refractivity contribution in [3.05, 3.63) is 66.6 Å². The molecule has 1 aromatic heterocycles. The Balaban J connectivity index is 1.69. The average Bonchev–Trinajstić information content (AvgIpc) is 3.38. The quantitative estimate of drug-likeness (QED) is 0.377. The van der Waals surface area contributed by atoms with Crippen LogP contribution in [0.15, 0.2) is 66.1 Å². The van der Waals surface area contributed by atoms with Crippen molar-refractivity contribution < 1.29 is 27.9 Å². The molecular weight excluding hydrogens is 536 g/mol. The second-order valence-corrected chi connectivity index (χ2v) is 11.6. The molecule has 1 aliphatic heterocycles. The fraction of sp³-hybridized carbons (Fsp3) is 0.370. The summed E-state index contributed by atoms with van der Waals surface area (Å²) in [7, 11) is -0.823. The Morgan fingerprint density at radius 2 is 1.95 bits per heavy atom. The summed E-state index contributed by atoms with van der Waals surface area (Å²) in [6, 6.07) is 12.8. The number of imidazole rings is 1. The smallest absolute Gasteiger partial charge is 0.321 e. The number of aliphatic hydroxyl groups is 1. The van der Waals surface area contributed by atoms with Gasteiger partial charge in [0.15, 0.2) is 10.8 Å². The Labute approximate surface area is 233 Å². The molecule has 0 spiro atoms. The van der Waals surface area contributed by atoms with Crippen LogP contribution in [0.3, 0.4) is 0 Å². The van der Waals surface area contributed by atoms with Gasteiger partial charge in [0.1, 0.15) is 6.10 Å². The fourth-order valence-electron chi connectivity index (χ4n) is 4.36. The highest BCUT2D eigenvalue weighted by atomic mass is 32.2. The van der Waals surface area contributed by atoms with Gasteiger partial charge in [0.05, 0.1) is 36.8 Å². The van der Waals surface area contributed by atoms with Gasteiger partial charge < -0.3 is 29.5 Å². The molecule has 0 bridgehead atoms. The van der Waals surface area contributed by atoms with Crippen LogP contribution < -0.4 is 14.8 Å². The van der Waals surface area contributed by atoms with Crippen LogP contribution in [0.1, 0.15) is 24.2 Å². The zero-order valence-corrected chi connectivity index (χ0v) is 23.6. The lowest BCUT2D eigenvalue weighted by molar-refractivity contribution is 0.0373. The van der Waals surface area contributed by atoms with Crippen molar-refractivity contribution in [2.75, 3.05) is 36.8 Å². The van der Waals surface area contributed by atoms with Gasteiger partial charge in [-0.3, -0.25) is 9.52 Å². The molecule has 3 aromatic rings. The number of para-hydroxylation sites is 2. The third-order valence-electron chi connectivity index (χ3n) is 6.72. The first-order valence-corrected chi connectivity index (χ1v) is 14.3. The van der Waals surface area contributed by atoms with E-state index in [1.807, 2.05) is 25.1 Å². The van der Waals surface area contributed by atoms with E-state index in [9.17, 15) is 23.1 Å². The number of hydrogen-bond donors (Lipinski definition) is 3. The minimum atomic E-state index is -4.10. The van der Waals surface area contributed by atoms with Crippen molar-refractivity contribution >= 4 is 33.3 Å². The molecule has 0 saturated heterocycles. The minimum absolute atomic E-state index is 0.0376. The number of carbonyl (C=O) groups is 2. The van der Waals surface area contributed by atoms with Gasteiger partial charge in [0.2, 0.25) is 0 Å². The summed E-state index contributed by atoms with van der Waals surface area (Å²) in [4.78, 5) is 33.5. The molecule has 0 fully saturated rings. The van der Waals surface area contributed by atoms with Gasteiger partial charge in [-0.1, -0.05) is 31.2 Å². The second kappa shape index (κ2) is 12.0. The number of nitrogens with one attached hydrogen (secondary N) is 2. The molecule has 12 nitrogen and oxygen atoms in total. The standard InChI is InChI=1S/C27H34N6O6S/c1-18-13-33(19(2)16-34)26(35)21-11-8-12-22(30-40(37,38)24-15-31(3)17-28-24)25(21)39-23(18)14-32(4)27(36)29-20-9-6-5-7-10-20/h5-12,15,17-19,23,30,34H,13-14,16H2,1-4H3,(H,29,36)/t18-,19-,23+/m0/s1. The predicted octanol–water partition coefficient (Wildman–Crippen LogP) is 2.60. The molecule has 4 rings (SSSR count). The Hall–Kier alpha value is -4.10. The number of aromatic nitrogens is 2. The number of ether oxygens (including phenoxy) is 1. The highest BCUT2D eigenvalue weighted by Gasteiger charge is 2.35. The summed E-state index contributed by atoms with van der Waals surface area (Å²) in [5.74, 6) is -0.662. The van der Waals surface area contributed by atoms with Crippen LogP contribution in [-0.2, 0) is 17.1 Å². The van der Waals surface area contributed by atoms with Crippen LogP contribution >= 0.6 is 0 Å². The molecular formula is C27H34N6O6S. The first-order chi connectivity index (χ1) is 19.0. The van der Waals surface area contributed by atoms with Gasteiger partial charge in [-0.25, -0.2) is 9.78 Å². The van der Waals surface area contributed by atoms with Gasteiger partial charge in [-0.15, -0.1) is 0 Å². The van der Waals surface area contributed by atoms with Crippen LogP contribution in [-0.4, -0.2) is 83.7 Å². The van der Waals surface area contributed by atoms with Gasteiger partial charge in [0.25, 0.3) is 15.9 Å². The van der Waals surface area contributed by atoms with Gasteiger partial charge in [-0.2, -0.15) is 8.42 Å². The number of nitrogens with zero attached hydrogens (tertiary/aromatic N) is 4. The fourth-order valence-corrected chi connectivity index (χ4v) is 5.41. The van der Waals surface area contributed by atoms with E-state index in [4.69, 9.17) is 4.74 Å². The van der Waals surface area contributed by atoms with Crippen molar-refractivity contribution in [3.8, 4) is 5.75 Å². The third-order valence-corrected chi connectivity index (χ3v) is 7.97. The van der Waals surface area contributed by atoms with E-state index in [0.717, 1.165) is 0 Å². The largest absolute Gasteiger partial charge is 0.485 e. The maximum atomic E-state index is 13.6. The molecule has 40 heavy (non-hydrogen) atoms. The molecule has 3 N–H and O–H groups in total. The number of amides is 3. The molecule has 1 aliphatic rings. The first kappa shape index (κ1) is 28.9. The lowest BCUT2D eigenvalue weighted by Crippen LogP contribution is -2.50. The summed E-state index contributed by atoms with van der Waals surface area (Å²) in [6.07, 6.45) is 2.09. The molecule has 0 saturated carbocycles. The SMILES string of the molecule is C[C@H]1CN([C@@H](C)CO)C(=O)c2cccc(NS(=O)(=O)c3cn(C)cn3)c2O[C@@H]1CN(C)C(=O)Nc1ccccc1. The number of hydrogen-bond acceptors (Lipinski definition) is 7. The monoisotopic (exact) mass is 570 g/mol. The zero-order chi connectivity index (χ0) is 29.0. The summed E-state index contributed by atoms with van der Waals surface area (Å²) in [5, 5.41) is 12.5. The molecule has 3 atom stereocenters. The van der Waals surface area contributed by atoms with Crippen molar-refractivity contribution in [2.24, 2.45) is 13.0 Å². The highest BCUT2D eigenvalue weighted by Crippen LogP contribution is 2.36. The van der Waals surface area contributed by atoms with E-state index in [-0.39, 0.29) is 53.7 Å². The highest BCUT2D eigenvalue weighted by molar-refractivity contribution is 7.92. The van der Waals surface area contributed by atoms with Crippen molar-refractivity contribution in [2.45, 2.75) is 31.0 Å². The summed E-state index contributed by atoms with van der Waals surface area (Å²) >= 11 is 0. The van der Waals surface area contributed by atoms with Crippen LogP contribution in [0.2, 0.25) is 0 Å². The number of urea groups is 1. The number of likely N-dealkylation sites (N-methyl/N-ethyl adjacent to an activating group) is 1. The molecule has 0 unspecified atom stereocenters. The van der Waals surface area contributed by atoms with Gasteiger partial charge in [0, 0.05) is 38.4 Å². The summed E-state index contributed by atoms with van der Waals surface area (Å²) < 4.78 is 36.6. The minimum Gasteiger partial charge on any atom is -0.485 e. The molecule has 2 aromatic carbocycles. The second-order valence-electron chi connectivity index (χ2n) is 9.96. The molecule has 2 heterocycles. The number of aryl methyl sites for hydroxylation is 1. The Kier molecular flexibility index (Phi) is 8.64. The lowest BCUT2D eigenvalue weighted by atomic mass is 9.99. The maximum Gasteiger partial charge on any atom is 0.321 e. The Morgan fingerprint density at radius 1 is 1.23 bits per heavy atom. The molecule has 0 aliphatic carbocycles.